The summed E-state index contributed by atoms with van der Waals surface area (Å²) < 4.78 is 40.2. The maximum atomic E-state index is 13.4. The number of primary amides is 1. The van der Waals surface area contributed by atoms with Gasteiger partial charge in [-0.2, -0.15) is 0 Å². The van der Waals surface area contributed by atoms with Gasteiger partial charge in [0.2, 0.25) is 0 Å². The van der Waals surface area contributed by atoms with E-state index in [1.165, 1.54) is 0 Å². The molecule has 2 rings (SSSR count). The molecule has 108 valence electrons. The van der Waals surface area contributed by atoms with E-state index in [9.17, 15) is 22.8 Å². The standard InChI is InChI=1S/C14H9F3N2O2/c15-9-5-4-7(6-8(9)13(18)20)19-14(21)12-10(16)2-1-3-11(12)17/h1-6H,(H2,18,20)(H,19,21). The molecule has 0 radical (unpaired) electrons. The number of halogens is 3. The zero-order valence-corrected chi connectivity index (χ0v) is 10.5. The van der Waals surface area contributed by atoms with Crippen molar-refractivity contribution in [3.8, 4) is 0 Å². The third-order valence-electron chi connectivity index (χ3n) is 2.68. The first-order chi connectivity index (χ1) is 9.90. The van der Waals surface area contributed by atoms with Crippen molar-refractivity contribution in [2.45, 2.75) is 0 Å². The average molecular weight is 294 g/mol. The highest BCUT2D eigenvalue weighted by Gasteiger charge is 2.18. The first-order valence-electron chi connectivity index (χ1n) is 5.75. The molecule has 0 aliphatic rings. The lowest BCUT2D eigenvalue weighted by Crippen LogP contribution is -2.17. The summed E-state index contributed by atoms with van der Waals surface area (Å²) >= 11 is 0. The van der Waals surface area contributed by atoms with Crippen molar-refractivity contribution in [2.24, 2.45) is 5.73 Å². The van der Waals surface area contributed by atoms with Gasteiger partial charge in [-0.1, -0.05) is 6.07 Å². The molecule has 0 atom stereocenters. The van der Waals surface area contributed by atoms with Crippen LogP contribution in [0.5, 0.6) is 0 Å². The van der Waals surface area contributed by atoms with Gasteiger partial charge < -0.3 is 11.1 Å². The second kappa shape index (κ2) is 5.66. The third kappa shape index (κ3) is 3.02. The van der Waals surface area contributed by atoms with Gasteiger partial charge in [-0.15, -0.1) is 0 Å². The fourth-order valence-corrected chi connectivity index (χ4v) is 1.70. The molecule has 2 aromatic carbocycles. The van der Waals surface area contributed by atoms with Gasteiger partial charge in [-0.25, -0.2) is 13.2 Å². The van der Waals surface area contributed by atoms with Gasteiger partial charge >= 0.3 is 0 Å². The fourth-order valence-electron chi connectivity index (χ4n) is 1.70. The van der Waals surface area contributed by atoms with E-state index in [1.807, 2.05) is 0 Å². The lowest BCUT2D eigenvalue weighted by molar-refractivity contribution is 0.0991. The molecule has 0 aromatic heterocycles. The number of anilines is 1. The maximum Gasteiger partial charge on any atom is 0.261 e. The summed E-state index contributed by atoms with van der Waals surface area (Å²) in [5, 5.41) is 2.17. The normalized spacial score (nSPS) is 10.2. The van der Waals surface area contributed by atoms with Crippen LogP contribution >= 0.6 is 0 Å². The Balaban J connectivity index is 2.32. The van der Waals surface area contributed by atoms with Crippen LogP contribution in [0.1, 0.15) is 20.7 Å². The molecule has 0 saturated carbocycles. The van der Waals surface area contributed by atoms with Crippen LogP contribution < -0.4 is 11.1 Å². The zero-order valence-electron chi connectivity index (χ0n) is 10.5. The molecule has 21 heavy (non-hydrogen) atoms. The van der Waals surface area contributed by atoms with Crippen LogP contribution in [0.15, 0.2) is 36.4 Å². The predicted molar refractivity (Wildman–Crippen MR) is 69.2 cm³/mol. The van der Waals surface area contributed by atoms with Crippen LogP contribution in [0, 0.1) is 17.5 Å². The molecule has 0 bridgehead atoms. The summed E-state index contributed by atoms with van der Waals surface area (Å²) in [7, 11) is 0. The maximum absolute atomic E-state index is 13.4. The molecule has 0 aliphatic heterocycles. The smallest absolute Gasteiger partial charge is 0.261 e. The lowest BCUT2D eigenvalue weighted by Gasteiger charge is -2.08. The van der Waals surface area contributed by atoms with Crippen LogP contribution in [0.25, 0.3) is 0 Å². The van der Waals surface area contributed by atoms with E-state index in [4.69, 9.17) is 5.73 Å². The average Bonchev–Trinajstić information content (AvgIpc) is 2.40. The van der Waals surface area contributed by atoms with Crippen LogP contribution in [0.2, 0.25) is 0 Å². The van der Waals surface area contributed by atoms with Gasteiger partial charge in [0.15, 0.2) is 0 Å². The zero-order chi connectivity index (χ0) is 15.6. The van der Waals surface area contributed by atoms with Crippen LogP contribution in [-0.4, -0.2) is 11.8 Å². The van der Waals surface area contributed by atoms with E-state index in [0.717, 1.165) is 36.4 Å². The number of nitrogens with one attached hydrogen (secondary N) is 1. The summed E-state index contributed by atoms with van der Waals surface area (Å²) in [4.78, 5) is 22.8. The second-order valence-electron chi connectivity index (χ2n) is 4.11. The minimum Gasteiger partial charge on any atom is -0.366 e. The van der Waals surface area contributed by atoms with E-state index >= 15 is 0 Å². The van der Waals surface area contributed by atoms with Gasteiger partial charge in [0.25, 0.3) is 11.8 Å². The molecule has 0 unspecified atom stereocenters. The predicted octanol–water partition coefficient (Wildman–Crippen LogP) is 2.46. The third-order valence-corrected chi connectivity index (χ3v) is 2.68. The van der Waals surface area contributed by atoms with Crippen molar-refractivity contribution in [2.75, 3.05) is 5.32 Å². The Morgan fingerprint density at radius 3 is 2.14 bits per heavy atom. The van der Waals surface area contributed by atoms with Crippen molar-refractivity contribution < 1.29 is 22.8 Å². The fraction of sp³-hybridized carbons (Fsp3) is 0. The quantitative estimate of drug-likeness (QED) is 0.912. The van der Waals surface area contributed by atoms with E-state index in [1.54, 1.807) is 0 Å². The Morgan fingerprint density at radius 2 is 1.57 bits per heavy atom. The number of benzene rings is 2. The number of amides is 2. The number of hydrogen-bond donors (Lipinski definition) is 2. The SMILES string of the molecule is NC(=O)c1cc(NC(=O)c2c(F)cccc2F)ccc1F. The van der Waals surface area contributed by atoms with Crippen molar-refractivity contribution in [3.63, 3.8) is 0 Å². The molecule has 7 heteroatoms. The molecule has 3 N–H and O–H groups in total. The molecule has 2 amide bonds. The minimum atomic E-state index is -1.06. The summed E-state index contributed by atoms with van der Waals surface area (Å²) in [6.45, 7) is 0. The molecular weight excluding hydrogens is 285 g/mol. The number of nitrogens with two attached hydrogens (primary N) is 1. The first kappa shape index (κ1) is 14.6. The highest BCUT2D eigenvalue weighted by atomic mass is 19.1. The summed E-state index contributed by atoms with van der Waals surface area (Å²) in [6, 6.07) is 6.00. The Kier molecular flexibility index (Phi) is 3.93. The molecule has 2 aromatic rings. The van der Waals surface area contributed by atoms with Gasteiger partial charge in [0.1, 0.15) is 23.0 Å². The van der Waals surface area contributed by atoms with Crippen molar-refractivity contribution in [3.05, 3.63) is 65.0 Å². The minimum absolute atomic E-state index is 0.0159. The number of rotatable bonds is 3. The molecule has 0 heterocycles. The topological polar surface area (TPSA) is 72.2 Å². The second-order valence-corrected chi connectivity index (χ2v) is 4.11. The van der Waals surface area contributed by atoms with Gasteiger partial charge in [0, 0.05) is 5.69 Å². The van der Waals surface area contributed by atoms with E-state index in [0.29, 0.717) is 0 Å². The van der Waals surface area contributed by atoms with Crippen molar-refractivity contribution in [1.29, 1.82) is 0 Å². The molecule has 0 spiro atoms. The summed E-state index contributed by atoms with van der Waals surface area (Å²) in [5.74, 6) is -5.03. The van der Waals surface area contributed by atoms with Crippen molar-refractivity contribution >= 4 is 17.5 Å². The first-order valence-corrected chi connectivity index (χ1v) is 5.75. The van der Waals surface area contributed by atoms with Crippen molar-refractivity contribution in [1.82, 2.24) is 0 Å². The van der Waals surface area contributed by atoms with Gasteiger partial charge in [-0.3, -0.25) is 9.59 Å². The van der Waals surface area contributed by atoms with Crippen LogP contribution in [0.3, 0.4) is 0 Å². The molecule has 0 aliphatic carbocycles. The molecule has 4 nitrogen and oxygen atoms in total. The highest BCUT2D eigenvalue weighted by Crippen LogP contribution is 2.18. The Bertz CT molecular complexity index is 712. The highest BCUT2D eigenvalue weighted by molar-refractivity contribution is 6.05. The molecule has 0 fully saturated rings. The van der Waals surface area contributed by atoms with Crippen LogP contribution in [-0.2, 0) is 0 Å². The van der Waals surface area contributed by atoms with E-state index < -0.39 is 40.4 Å². The van der Waals surface area contributed by atoms with Crippen LogP contribution in [0.4, 0.5) is 18.9 Å². The molecule has 0 saturated heterocycles. The number of carbonyl (C=O) groups excluding carboxylic acids is 2. The Labute approximate surface area is 117 Å². The van der Waals surface area contributed by atoms with Gasteiger partial charge in [-0.05, 0) is 30.3 Å². The van der Waals surface area contributed by atoms with E-state index in [-0.39, 0.29) is 5.69 Å². The van der Waals surface area contributed by atoms with Gasteiger partial charge in [0.05, 0.1) is 5.56 Å². The number of hydrogen-bond acceptors (Lipinski definition) is 2. The van der Waals surface area contributed by atoms with E-state index in [2.05, 4.69) is 5.32 Å². The summed E-state index contributed by atoms with van der Waals surface area (Å²) in [5.41, 5.74) is 3.73. The Hall–Kier alpha value is -2.83. The largest absolute Gasteiger partial charge is 0.366 e. The monoisotopic (exact) mass is 294 g/mol. The number of carbonyl (C=O) groups is 2. The summed E-state index contributed by atoms with van der Waals surface area (Å²) in [6.07, 6.45) is 0. The Morgan fingerprint density at radius 1 is 0.952 bits per heavy atom. The molecular formula is C14H9F3N2O2. The lowest BCUT2D eigenvalue weighted by atomic mass is 10.1.